The molecule has 0 saturated carbocycles. The topological polar surface area (TPSA) is 86.7 Å². The minimum Gasteiger partial charge on any atom is -0.478 e. The Balaban J connectivity index is 2.41. The number of hydrogen-bond donors (Lipinski definition) is 2. The van der Waals surface area contributed by atoms with E-state index in [1.54, 1.807) is 26.0 Å². The predicted octanol–water partition coefficient (Wildman–Crippen LogP) is 0.735. The van der Waals surface area contributed by atoms with Crippen molar-refractivity contribution >= 4 is 17.8 Å². The van der Waals surface area contributed by atoms with Crippen molar-refractivity contribution in [3.05, 3.63) is 35.4 Å². The van der Waals surface area contributed by atoms with E-state index in [-0.39, 0.29) is 17.0 Å². The number of nitrogens with zero attached hydrogens (tertiary/aromatic N) is 1. The lowest BCUT2D eigenvalue weighted by Gasteiger charge is -2.41. The van der Waals surface area contributed by atoms with Gasteiger partial charge in [0.25, 0.3) is 5.91 Å². The Labute approximate surface area is 116 Å². The summed E-state index contributed by atoms with van der Waals surface area (Å²) in [6, 6.07) is 6.02. The van der Waals surface area contributed by atoms with Crippen LogP contribution in [0.15, 0.2) is 24.3 Å². The van der Waals surface area contributed by atoms with Crippen molar-refractivity contribution in [3.8, 4) is 0 Å². The number of carboxylic acid groups (broad SMARTS) is 1. The van der Waals surface area contributed by atoms with E-state index >= 15 is 0 Å². The van der Waals surface area contributed by atoms with Gasteiger partial charge in [-0.3, -0.25) is 9.59 Å². The first-order valence-electron chi connectivity index (χ1n) is 6.28. The van der Waals surface area contributed by atoms with Crippen molar-refractivity contribution in [2.75, 3.05) is 13.1 Å². The monoisotopic (exact) mass is 276 g/mol. The highest BCUT2D eigenvalue weighted by molar-refractivity contribution is 6.06. The fourth-order valence-electron chi connectivity index (χ4n) is 2.26. The molecule has 1 aromatic rings. The molecular weight excluding hydrogens is 260 g/mol. The predicted molar refractivity (Wildman–Crippen MR) is 71.5 cm³/mol. The number of nitrogens with one attached hydrogen (secondary N) is 1. The van der Waals surface area contributed by atoms with E-state index in [9.17, 15) is 14.4 Å². The first kappa shape index (κ1) is 14.0. The van der Waals surface area contributed by atoms with Crippen molar-refractivity contribution < 1.29 is 19.5 Å². The molecule has 2 amide bonds. The van der Waals surface area contributed by atoms with E-state index in [0.29, 0.717) is 13.1 Å². The number of hydrogen-bond acceptors (Lipinski definition) is 3. The molecule has 20 heavy (non-hydrogen) atoms. The summed E-state index contributed by atoms with van der Waals surface area (Å²) in [5.74, 6) is -1.85. The first-order chi connectivity index (χ1) is 9.35. The fraction of sp³-hybridized carbons (Fsp3) is 0.357. The maximum absolute atomic E-state index is 12.6. The molecule has 1 heterocycles. The highest BCUT2D eigenvalue weighted by atomic mass is 16.4. The third-order valence-corrected chi connectivity index (χ3v) is 3.48. The van der Waals surface area contributed by atoms with Crippen LogP contribution < -0.4 is 5.32 Å². The van der Waals surface area contributed by atoms with Gasteiger partial charge in [0.2, 0.25) is 5.91 Å². The summed E-state index contributed by atoms with van der Waals surface area (Å²) in [5.41, 5.74) is -0.955. The largest absolute Gasteiger partial charge is 0.478 e. The SMILES string of the molecule is CC1(C)C(=O)NCCN1C(=O)c1ccccc1C(=O)O. The summed E-state index contributed by atoms with van der Waals surface area (Å²) >= 11 is 0. The van der Waals surface area contributed by atoms with Crippen molar-refractivity contribution in [1.82, 2.24) is 10.2 Å². The number of aromatic carboxylic acids is 1. The van der Waals surface area contributed by atoms with Gasteiger partial charge in [0.15, 0.2) is 0 Å². The second-order valence-corrected chi connectivity index (χ2v) is 5.12. The molecular formula is C14H16N2O4. The first-order valence-corrected chi connectivity index (χ1v) is 6.28. The van der Waals surface area contributed by atoms with Gasteiger partial charge in [-0.2, -0.15) is 0 Å². The molecule has 2 N–H and O–H groups in total. The van der Waals surface area contributed by atoms with Crippen LogP contribution in [0.2, 0.25) is 0 Å². The summed E-state index contributed by atoms with van der Waals surface area (Å²) in [4.78, 5) is 37.0. The Bertz CT molecular complexity index is 580. The van der Waals surface area contributed by atoms with Gasteiger partial charge in [-0.25, -0.2) is 4.79 Å². The summed E-state index contributed by atoms with van der Waals surface area (Å²) in [6.07, 6.45) is 0. The average molecular weight is 276 g/mol. The molecule has 6 nitrogen and oxygen atoms in total. The normalized spacial score (nSPS) is 17.5. The van der Waals surface area contributed by atoms with E-state index < -0.39 is 17.4 Å². The number of carboxylic acids is 1. The molecule has 1 aromatic carbocycles. The van der Waals surface area contributed by atoms with Gasteiger partial charge in [0.05, 0.1) is 11.1 Å². The zero-order chi connectivity index (χ0) is 14.9. The molecule has 106 valence electrons. The lowest BCUT2D eigenvalue weighted by atomic mass is 9.96. The average Bonchev–Trinajstić information content (AvgIpc) is 2.41. The van der Waals surface area contributed by atoms with Gasteiger partial charge >= 0.3 is 5.97 Å². The van der Waals surface area contributed by atoms with E-state index in [1.807, 2.05) is 0 Å². The number of carbonyl (C=O) groups is 3. The number of benzene rings is 1. The molecule has 0 aromatic heterocycles. The Kier molecular flexibility index (Phi) is 3.48. The Morgan fingerprint density at radius 1 is 1.25 bits per heavy atom. The Morgan fingerprint density at radius 3 is 2.45 bits per heavy atom. The molecule has 1 saturated heterocycles. The smallest absolute Gasteiger partial charge is 0.336 e. The molecule has 1 aliphatic rings. The van der Waals surface area contributed by atoms with Crippen LogP contribution in [0.1, 0.15) is 34.6 Å². The Hall–Kier alpha value is -2.37. The standard InChI is InChI=1S/C14H16N2O4/c1-14(2)13(20)15-7-8-16(14)11(17)9-5-3-4-6-10(9)12(18)19/h3-6H,7-8H2,1-2H3,(H,15,20)(H,18,19). The van der Waals surface area contributed by atoms with E-state index in [4.69, 9.17) is 5.11 Å². The molecule has 1 aliphatic heterocycles. The van der Waals surface area contributed by atoms with Gasteiger partial charge < -0.3 is 15.3 Å². The van der Waals surface area contributed by atoms with Gasteiger partial charge in [-0.15, -0.1) is 0 Å². The van der Waals surface area contributed by atoms with Crippen molar-refractivity contribution in [2.24, 2.45) is 0 Å². The maximum atomic E-state index is 12.6. The highest BCUT2D eigenvalue weighted by Crippen LogP contribution is 2.22. The van der Waals surface area contributed by atoms with Gasteiger partial charge in [0, 0.05) is 13.1 Å². The molecule has 2 rings (SSSR count). The van der Waals surface area contributed by atoms with Crippen molar-refractivity contribution in [2.45, 2.75) is 19.4 Å². The molecule has 0 unspecified atom stereocenters. The molecule has 0 aliphatic carbocycles. The number of rotatable bonds is 2. The lowest BCUT2D eigenvalue weighted by molar-refractivity contribution is -0.133. The van der Waals surface area contributed by atoms with Gasteiger partial charge in [-0.1, -0.05) is 12.1 Å². The minimum absolute atomic E-state index is 0.0562. The van der Waals surface area contributed by atoms with Crippen LogP contribution in [0.5, 0.6) is 0 Å². The van der Waals surface area contributed by atoms with Crippen LogP contribution >= 0.6 is 0 Å². The second-order valence-electron chi connectivity index (χ2n) is 5.12. The third-order valence-electron chi connectivity index (χ3n) is 3.48. The molecule has 1 fully saturated rings. The quantitative estimate of drug-likeness (QED) is 0.834. The van der Waals surface area contributed by atoms with E-state index in [2.05, 4.69) is 5.32 Å². The number of piperazine rings is 1. The van der Waals surface area contributed by atoms with Crippen LogP contribution in [-0.4, -0.2) is 46.4 Å². The second kappa shape index (κ2) is 4.96. The summed E-state index contributed by atoms with van der Waals surface area (Å²) in [5, 5.41) is 11.8. The van der Waals surface area contributed by atoms with Crippen LogP contribution in [0, 0.1) is 0 Å². The number of amides is 2. The maximum Gasteiger partial charge on any atom is 0.336 e. The summed E-state index contributed by atoms with van der Waals surface area (Å²) < 4.78 is 0. The van der Waals surface area contributed by atoms with Crippen LogP contribution in [-0.2, 0) is 4.79 Å². The van der Waals surface area contributed by atoms with Crippen molar-refractivity contribution in [3.63, 3.8) is 0 Å². The molecule has 0 radical (unpaired) electrons. The lowest BCUT2D eigenvalue weighted by Crippen LogP contribution is -2.63. The molecule has 0 spiro atoms. The van der Waals surface area contributed by atoms with Crippen LogP contribution in [0.3, 0.4) is 0 Å². The number of carbonyl (C=O) groups excluding carboxylic acids is 2. The van der Waals surface area contributed by atoms with Crippen LogP contribution in [0.25, 0.3) is 0 Å². The highest BCUT2D eigenvalue weighted by Gasteiger charge is 2.41. The molecule has 0 bridgehead atoms. The summed E-state index contributed by atoms with van der Waals surface area (Å²) in [6.45, 7) is 4.00. The van der Waals surface area contributed by atoms with E-state index in [1.165, 1.54) is 17.0 Å². The molecule has 0 atom stereocenters. The van der Waals surface area contributed by atoms with Gasteiger partial charge in [-0.05, 0) is 26.0 Å². The van der Waals surface area contributed by atoms with Crippen molar-refractivity contribution in [1.29, 1.82) is 0 Å². The molecule has 6 heteroatoms. The third kappa shape index (κ3) is 2.24. The fourth-order valence-corrected chi connectivity index (χ4v) is 2.26. The van der Waals surface area contributed by atoms with E-state index in [0.717, 1.165) is 0 Å². The zero-order valence-electron chi connectivity index (χ0n) is 11.3. The van der Waals surface area contributed by atoms with Crippen LogP contribution in [0.4, 0.5) is 0 Å². The van der Waals surface area contributed by atoms with Gasteiger partial charge in [0.1, 0.15) is 5.54 Å². The summed E-state index contributed by atoms with van der Waals surface area (Å²) in [7, 11) is 0. The minimum atomic E-state index is -1.16. The Morgan fingerprint density at radius 2 is 1.85 bits per heavy atom. The zero-order valence-corrected chi connectivity index (χ0v) is 11.3.